The number of ether oxygens (including phenoxy) is 2. The molecule has 1 aromatic heterocycles. The smallest absolute Gasteiger partial charge is 0.255 e. The lowest BCUT2D eigenvalue weighted by molar-refractivity contribution is 0.102. The largest absolute Gasteiger partial charge is 0.497 e. The fourth-order valence-electron chi connectivity index (χ4n) is 2.86. The minimum absolute atomic E-state index is 0.0964. The standard InChI is InChI=1S/C24H27N3O3/c1-17(2)30-22-11-6-19(7-12-22)24(28)27-20-8-13-23(26-16-20)25-15-14-18-4-9-21(29-3)10-5-18/h4-13,16-17H,14-15H2,1-3H3,(H,25,26)(H,27,28). The van der Waals surface area contributed by atoms with Crippen LogP contribution < -0.4 is 20.1 Å². The lowest BCUT2D eigenvalue weighted by Crippen LogP contribution is -2.13. The van der Waals surface area contributed by atoms with Gasteiger partial charge in [-0.1, -0.05) is 12.1 Å². The van der Waals surface area contributed by atoms with Crippen molar-refractivity contribution in [1.29, 1.82) is 0 Å². The highest BCUT2D eigenvalue weighted by Crippen LogP contribution is 2.16. The number of anilines is 2. The van der Waals surface area contributed by atoms with E-state index in [0.717, 1.165) is 30.3 Å². The molecule has 0 saturated heterocycles. The number of benzene rings is 2. The highest BCUT2D eigenvalue weighted by Gasteiger charge is 2.07. The third-order valence-corrected chi connectivity index (χ3v) is 4.39. The van der Waals surface area contributed by atoms with Gasteiger partial charge in [0.2, 0.25) is 0 Å². The Bertz CT molecular complexity index is 937. The first-order valence-electron chi connectivity index (χ1n) is 9.94. The van der Waals surface area contributed by atoms with Gasteiger partial charge in [-0.25, -0.2) is 4.98 Å². The van der Waals surface area contributed by atoms with Crippen LogP contribution in [0.2, 0.25) is 0 Å². The number of carbonyl (C=O) groups is 1. The van der Waals surface area contributed by atoms with Crippen LogP contribution in [0.15, 0.2) is 66.9 Å². The van der Waals surface area contributed by atoms with E-state index in [1.807, 2.05) is 50.2 Å². The molecule has 0 unspecified atom stereocenters. The van der Waals surface area contributed by atoms with Crippen molar-refractivity contribution in [2.45, 2.75) is 26.4 Å². The molecule has 2 N–H and O–H groups in total. The van der Waals surface area contributed by atoms with Gasteiger partial charge in [-0.3, -0.25) is 4.79 Å². The molecule has 0 aliphatic heterocycles. The van der Waals surface area contributed by atoms with Crippen LogP contribution in [0.5, 0.6) is 11.5 Å². The van der Waals surface area contributed by atoms with Gasteiger partial charge < -0.3 is 20.1 Å². The van der Waals surface area contributed by atoms with Gasteiger partial charge in [-0.05, 0) is 74.4 Å². The molecule has 0 fully saturated rings. The fourth-order valence-corrected chi connectivity index (χ4v) is 2.86. The number of methoxy groups -OCH3 is 1. The van der Waals surface area contributed by atoms with E-state index in [1.165, 1.54) is 5.56 Å². The molecule has 3 rings (SSSR count). The molecule has 0 aliphatic carbocycles. The molecule has 2 aromatic carbocycles. The molecule has 0 aliphatic rings. The van der Waals surface area contributed by atoms with Gasteiger partial charge in [-0.2, -0.15) is 0 Å². The molecule has 6 nitrogen and oxygen atoms in total. The first-order valence-corrected chi connectivity index (χ1v) is 9.94. The quantitative estimate of drug-likeness (QED) is 0.536. The second-order valence-corrected chi connectivity index (χ2v) is 7.10. The molecule has 0 saturated carbocycles. The third kappa shape index (κ3) is 6.24. The van der Waals surface area contributed by atoms with Crippen LogP contribution in [0.1, 0.15) is 29.8 Å². The van der Waals surface area contributed by atoms with Crippen LogP contribution in [-0.2, 0) is 6.42 Å². The maximum absolute atomic E-state index is 12.4. The molecular weight excluding hydrogens is 378 g/mol. The lowest BCUT2D eigenvalue weighted by Gasteiger charge is -2.10. The Labute approximate surface area is 177 Å². The summed E-state index contributed by atoms with van der Waals surface area (Å²) >= 11 is 0. The molecule has 30 heavy (non-hydrogen) atoms. The SMILES string of the molecule is COc1ccc(CCNc2ccc(NC(=O)c3ccc(OC(C)C)cc3)cn2)cc1. The summed E-state index contributed by atoms with van der Waals surface area (Å²) in [5.74, 6) is 2.17. The number of pyridine rings is 1. The van der Waals surface area contributed by atoms with Crippen LogP contribution >= 0.6 is 0 Å². The Balaban J connectivity index is 1.48. The number of nitrogens with zero attached hydrogens (tertiary/aromatic N) is 1. The van der Waals surface area contributed by atoms with Crippen molar-refractivity contribution in [3.05, 3.63) is 78.0 Å². The van der Waals surface area contributed by atoms with Crippen molar-refractivity contribution in [3.63, 3.8) is 0 Å². The average Bonchev–Trinajstić information content (AvgIpc) is 2.75. The number of hydrogen-bond donors (Lipinski definition) is 2. The first-order chi connectivity index (χ1) is 14.5. The van der Waals surface area contributed by atoms with Crippen LogP contribution in [-0.4, -0.2) is 30.6 Å². The minimum Gasteiger partial charge on any atom is -0.497 e. The van der Waals surface area contributed by atoms with E-state index in [0.29, 0.717) is 11.3 Å². The van der Waals surface area contributed by atoms with E-state index < -0.39 is 0 Å². The van der Waals surface area contributed by atoms with E-state index in [-0.39, 0.29) is 12.0 Å². The number of nitrogens with one attached hydrogen (secondary N) is 2. The Hall–Kier alpha value is -3.54. The summed E-state index contributed by atoms with van der Waals surface area (Å²) in [7, 11) is 1.66. The van der Waals surface area contributed by atoms with Crippen molar-refractivity contribution in [3.8, 4) is 11.5 Å². The molecular formula is C24H27N3O3. The maximum Gasteiger partial charge on any atom is 0.255 e. The number of aromatic nitrogens is 1. The zero-order valence-corrected chi connectivity index (χ0v) is 17.5. The van der Waals surface area contributed by atoms with Crippen molar-refractivity contribution in [1.82, 2.24) is 4.98 Å². The minimum atomic E-state index is -0.187. The fraction of sp³-hybridized carbons (Fsp3) is 0.250. The molecule has 6 heteroatoms. The molecule has 156 valence electrons. The second kappa shape index (κ2) is 10.3. The second-order valence-electron chi connectivity index (χ2n) is 7.10. The first kappa shape index (κ1) is 21.2. The Morgan fingerprint density at radius 2 is 1.67 bits per heavy atom. The summed E-state index contributed by atoms with van der Waals surface area (Å²) in [5.41, 5.74) is 2.42. The van der Waals surface area contributed by atoms with Crippen LogP contribution in [0.4, 0.5) is 11.5 Å². The molecule has 1 heterocycles. The van der Waals surface area contributed by atoms with Gasteiger partial charge in [0.05, 0.1) is 25.1 Å². The maximum atomic E-state index is 12.4. The van der Waals surface area contributed by atoms with Crippen LogP contribution in [0.25, 0.3) is 0 Å². The molecule has 0 spiro atoms. The van der Waals surface area contributed by atoms with E-state index in [1.54, 1.807) is 37.6 Å². The topological polar surface area (TPSA) is 72.5 Å². The lowest BCUT2D eigenvalue weighted by atomic mass is 10.1. The highest BCUT2D eigenvalue weighted by molar-refractivity contribution is 6.04. The van der Waals surface area contributed by atoms with Crippen LogP contribution in [0.3, 0.4) is 0 Å². The number of hydrogen-bond acceptors (Lipinski definition) is 5. The summed E-state index contributed by atoms with van der Waals surface area (Å²) in [6.07, 6.45) is 2.61. The number of amides is 1. The van der Waals surface area contributed by atoms with Gasteiger partial charge in [0.15, 0.2) is 0 Å². The van der Waals surface area contributed by atoms with Crippen molar-refractivity contribution >= 4 is 17.4 Å². The van der Waals surface area contributed by atoms with Gasteiger partial charge in [0.25, 0.3) is 5.91 Å². The Morgan fingerprint density at radius 3 is 2.27 bits per heavy atom. The summed E-state index contributed by atoms with van der Waals surface area (Å²) in [6, 6.07) is 18.8. The summed E-state index contributed by atoms with van der Waals surface area (Å²) in [4.78, 5) is 16.8. The Morgan fingerprint density at radius 1 is 0.967 bits per heavy atom. The monoisotopic (exact) mass is 405 g/mol. The van der Waals surface area contributed by atoms with Crippen molar-refractivity contribution < 1.29 is 14.3 Å². The van der Waals surface area contributed by atoms with Gasteiger partial charge >= 0.3 is 0 Å². The predicted octanol–water partition coefficient (Wildman–Crippen LogP) is 4.78. The van der Waals surface area contributed by atoms with Crippen molar-refractivity contribution in [2.24, 2.45) is 0 Å². The van der Waals surface area contributed by atoms with E-state index in [2.05, 4.69) is 15.6 Å². The Kier molecular flexibility index (Phi) is 7.27. The van der Waals surface area contributed by atoms with E-state index in [9.17, 15) is 4.79 Å². The number of rotatable bonds is 9. The molecule has 0 atom stereocenters. The van der Waals surface area contributed by atoms with Crippen molar-refractivity contribution in [2.75, 3.05) is 24.3 Å². The van der Waals surface area contributed by atoms with Gasteiger partial charge in [0, 0.05) is 12.1 Å². The van der Waals surface area contributed by atoms with E-state index in [4.69, 9.17) is 9.47 Å². The van der Waals surface area contributed by atoms with Gasteiger partial charge in [-0.15, -0.1) is 0 Å². The van der Waals surface area contributed by atoms with Gasteiger partial charge in [0.1, 0.15) is 17.3 Å². The summed E-state index contributed by atoms with van der Waals surface area (Å²) in [5, 5.41) is 6.14. The van der Waals surface area contributed by atoms with Crippen LogP contribution in [0, 0.1) is 0 Å². The van der Waals surface area contributed by atoms with E-state index >= 15 is 0 Å². The zero-order chi connectivity index (χ0) is 21.3. The number of carbonyl (C=O) groups excluding carboxylic acids is 1. The third-order valence-electron chi connectivity index (χ3n) is 4.39. The molecule has 0 bridgehead atoms. The molecule has 3 aromatic rings. The summed E-state index contributed by atoms with van der Waals surface area (Å²) < 4.78 is 10.8. The normalized spacial score (nSPS) is 10.5. The predicted molar refractivity (Wildman–Crippen MR) is 120 cm³/mol. The average molecular weight is 405 g/mol. The molecule has 1 amide bonds. The summed E-state index contributed by atoms with van der Waals surface area (Å²) in [6.45, 7) is 4.69. The molecule has 0 radical (unpaired) electrons. The zero-order valence-electron chi connectivity index (χ0n) is 17.5. The highest BCUT2D eigenvalue weighted by atomic mass is 16.5.